The largest absolute Gasteiger partial charge is 0.347 e. The first kappa shape index (κ1) is 36.5. The zero-order chi connectivity index (χ0) is 35.3. The number of Topliss-reactive ketones (excluding diaryl/α,β-unsaturated/α-hetero) is 1. The number of likely N-dealkylation sites (tertiary alicyclic amines) is 1. The van der Waals surface area contributed by atoms with Crippen LogP contribution in [0.2, 0.25) is 0 Å². The number of halogens is 2. The molecule has 4 rings (SSSR count). The number of hydrogen-bond donors (Lipinski definition) is 4. The van der Waals surface area contributed by atoms with Crippen molar-refractivity contribution in [1.29, 1.82) is 0 Å². The molecule has 0 bridgehead atoms. The zero-order valence-corrected chi connectivity index (χ0v) is 27.8. The predicted octanol–water partition coefficient (Wildman–Crippen LogP) is 1.69. The Labute approximate surface area is 278 Å². The quantitative estimate of drug-likeness (QED) is 0.170. The molecule has 4 N–H and O–H groups in total. The van der Waals surface area contributed by atoms with E-state index in [2.05, 4.69) is 37.8 Å². The lowest BCUT2D eigenvalue weighted by molar-refractivity contribution is -0.146. The number of nitrogens with one attached hydrogen (secondary N) is 4. The Morgan fingerprint density at radius 1 is 1.00 bits per heavy atom. The maximum atomic E-state index is 14.4. The summed E-state index contributed by atoms with van der Waals surface area (Å²) in [7, 11) is 0. The number of nitrogens with zero attached hydrogens (tertiary/aromatic N) is 3. The summed E-state index contributed by atoms with van der Waals surface area (Å²) in [6.45, 7) is 10.8. The summed E-state index contributed by atoms with van der Waals surface area (Å²) in [5.41, 5.74) is -0.590. The van der Waals surface area contributed by atoms with Crippen LogP contribution in [0.25, 0.3) is 0 Å². The summed E-state index contributed by atoms with van der Waals surface area (Å²) in [6, 6.07) is -5.07. The highest BCUT2D eigenvalue weighted by molar-refractivity contribution is 6.38. The van der Waals surface area contributed by atoms with Crippen molar-refractivity contribution >= 4 is 35.3 Å². The lowest BCUT2D eigenvalue weighted by atomic mass is 9.85. The Hall–Kier alpha value is -4.30. The Morgan fingerprint density at radius 3 is 2.29 bits per heavy atom. The Kier molecular flexibility index (Phi) is 11.6. The first-order valence-electron chi connectivity index (χ1n) is 16.3. The van der Waals surface area contributed by atoms with Gasteiger partial charge in [-0.2, -0.15) is 0 Å². The molecule has 3 aliphatic rings. The molecule has 2 aliphatic carbocycles. The minimum absolute atomic E-state index is 0.0205. The lowest BCUT2D eigenvalue weighted by Gasteiger charge is -2.37. The maximum absolute atomic E-state index is 14.4. The average molecular weight is 674 g/mol. The summed E-state index contributed by atoms with van der Waals surface area (Å²) in [4.78, 5) is 89.5. The number of alkyl halides is 2. The zero-order valence-electron chi connectivity index (χ0n) is 27.8. The topological polar surface area (TPSA) is 180 Å². The number of amides is 5. The molecule has 0 aromatic carbocycles. The monoisotopic (exact) mass is 673 g/mol. The van der Waals surface area contributed by atoms with E-state index < -0.39 is 84.2 Å². The third-order valence-electron chi connectivity index (χ3n) is 9.11. The molecule has 5 amide bonds. The number of ketones is 1. The fourth-order valence-electron chi connectivity index (χ4n) is 6.40. The molecule has 1 saturated heterocycles. The van der Waals surface area contributed by atoms with E-state index in [1.54, 1.807) is 27.7 Å². The van der Waals surface area contributed by atoms with E-state index >= 15 is 0 Å². The van der Waals surface area contributed by atoms with Crippen molar-refractivity contribution in [1.82, 2.24) is 36.1 Å². The molecule has 1 unspecified atom stereocenters. The number of carbonyl (C=O) groups is 6. The van der Waals surface area contributed by atoms with E-state index in [1.807, 2.05) is 0 Å². The van der Waals surface area contributed by atoms with E-state index in [4.69, 9.17) is 0 Å². The lowest BCUT2D eigenvalue weighted by Crippen LogP contribution is -2.61. The van der Waals surface area contributed by atoms with Crippen molar-refractivity contribution < 1.29 is 37.5 Å². The van der Waals surface area contributed by atoms with Crippen molar-refractivity contribution in [3.63, 3.8) is 0 Å². The van der Waals surface area contributed by atoms with Gasteiger partial charge in [0.05, 0.1) is 12.2 Å². The van der Waals surface area contributed by atoms with Gasteiger partial charge in [0.1, 0.15) is 23.8 Å². The third-order valence-corrected chi connectivity index (χ3v) is 9.11. The van der Waals surface area contributed by atoms with Crippen LogP contribution >= 0.6 is 0 Å². The van der Waals surface area contributed by atoms with E-state index in [0.29, 0.717) is 24.8 Å². The van der Waals surface area contributed by atoms with Crippen LogP contribution in [-0.2, 0) is 24.0 Å². The number of rotatable bonds is 14. The molecule has 13 nitrogen and oxygen atoms in total. The van der Waals surface area contributed by atoms with Crippen LogP contribution in [0.15, 0.2) is 30.7 Å². The first-order valence-corrected chi connectivity index (χ1v) is 16.3. The van der Waals surface area contributed by atoms with E-state index in [9.17, 15) is 37.5 Å². The Morgan fingerprint density at radius 2 is 1.71 bits per heavy atom. The van der Waals surface area contributed by atoms with Crippen molar-refractivity contribution in [2.75, 3.05) is 6.54 Å². The van der Waals surface area contributed by atoms with Crippen LogP contribution < -0.4 is 21.3 Å². The van der Waals surface area contributed by atoms with Gasteiger partial charge in [-0.3, -0.25) is 33.8 Å². The molecule has 2 saturated carbocycles. The van der Waals surface area contributed by atoms with Gasteiger partial charge in [0.15, 0.2) is 0 Å². The van der Waals surface area contributed by atoms with Gasteiger partial charge >= 0.3 is 0 Å². The number of fused-ring (bicyclic) bond motifs is 1. The van der Waals surface area contributed by atoms with Crippen molar-refractivity contribution in [2.45, 2.75) is 109 Å². The fraction of sp³-hybridized carbons (Fsp3) is 0.636. The molecule has 48 heavy (non-hydrogen) atoms. The normalized spacial score (nSPS) is 22.2. The van der Waals surface area contributed by atoms with Gasteiger partial charge in [0, 0.05) is 31.4 Å². The molecule has 1 aromatic rings. The highest BCUT2D eigenvalue weighted by Gasteiger charge is 2.52. The van der Waals surface area contributed by atoms with Crippen LogP contribution in [0.1, 0.15) is 83.1 Å². The van der Waals surface area contributed by atoms with Gasteiger partial charge in [0.2, 0.25) is 29.9 Å². The highest BCUT2D eigenvalue weighted by Crippen LogP contribution is 2.43. The number of aromatic nitrogens is 2. The molecule has 1 aromatic heterocycles. The SMILES string of the molecule is C=C(C)[C@@H](NC(=O)c1cnccn1)C(=O)N[C@H](C(=O)N1C[C@@H]2CCC[C@@H]2[C@H]1C(=O)NC(CCC(F)F)C(=O)C(=O)NC1CC1)C(C)(C)C. The van der Waals surface area contributed by atoms with Crippen LogP contribution in [0, 0.1) is 17.3 Å². The predicted molar refractivity (Wildman–Crippen MR) is 169 cm³/mol. The summed E-state index contributed by atoms with van der Waals surface area (Å²) in [5.74, 6) is -4.86. The van der Waals surface area contributed by atoms with Gasteiger partial charge in [-0.15, -0.1) is 0 Å². The molecule has 3 fully saturated rings. The maximum Gasteiger partial charge on any atom is 0.289 e. The molecular weight excluding hydrogens is 628 g/mol. The second-order valence-electron chi connectivity index (χ2n) is 14.1. The van der Waals surface area contributed by atoms with Crippen molar-refractivity contribution in [2.24, 2.45) is 17.3 Å². The van der Waals surface area contributed by atoms with Gasteiger partial charge in [-0.25, -0.2) is 13.8 Å². The highest BCUT2D eigenvalue weighted by atomic mass is 19.3. The van der Waals surface area contributed by atoms with Gasteiger partial charge in [-0.1, -0.05) is 33.8 Å². The molecule has 2 heterocycles. The van der Waals surface area contributed by atoms with Crippen molar-refractivity contribution in [3.8, 4) is 0 Å². The molecule has 6 atom stereocenters. The summed E-state index contributed by atoms with van der Waals surface area (Å²) >= 11 is 0. The molecule has 262 valence electrons. The van der Waals surface area contributed by atoms with E-state index in [-0.39, 0.29) is 30.1 Å². The number of carbonyl (C=O) groups excluding carboxylic acids is 6. The van der Waals surface area contributed by atoms with Crippen LogP contribution in [0.5, 0.6) is 0 Å². The molecule has 1 aliphatic heterocycles. The van der Waals surface area contributed by atoms with Crippen molar-refractivity contribution in [3.05, 3.63) is 36.4 Å². The van der Waals surface area contributed by atoms with Gasteiger partial charge < -0.3 is 26.2 Å². The summed E-state index contributed by atoms with van der Waals surface area (Å²) in [5, 5.41) is 10.4. The standard InChI is InChI=1S/C33H45F2N7O6/c1-17(2)24(40-28(44)22-15-36-13-14-37-22)29(45)41-27(33(3,4)5)32(48)42-16-18-7-6-8-20(18)25(42)30(46)39-21(11-12-23(34)35)26(43)31(47)38-19-9-10-19/h13-15,18-21,23-25,27H,1,6-12,16H2,2-5H3,(H,38,47)(H,39,46)(H,40,44)(H,41,45)/t18-,20-,21?,24+,25-,27+/m0/s1. The summed E-state index contributed by atoms with van der Waals surface area (Å²) in [6.07, 6.45) is 3.69. The average Bonchev–Trinajstić information content (AvgIpc) is 3.59. The Balaban J connectivity index is 1.55. The molecule has 15 heteroatoms. The Bertz CT molecular complexity index is 1410. The second kappa shape index (κ2) is 15.3. The minimum atomic E-state index is -2.75. The smallest absolute Gasteiger partial charge is 0.289 e. The molecule has 0 radical (unpaired) electrons. The fourth-order valence-corrected chi connectivity index (χ4v) is 6.40. The van der Waals surface area contributed by atoms with E-state index in [1.165, 1.54) is 23.5 Å². The van der Waals surface area contributed by atoms with E-state index in [0.717, 1.165) is 12.8 Å². The van der Waals surface area contributed by atoms with Crippen LogP contribution in [0.3, 0.4) is 0 Å². The van der Waals surface area contributed by atoms with Gasteiger partial charge in [-0.05, 0) is 61.9 Å². The van der Waals surface area contributed by atoms with Gasteiger partial charge in [0.25, 0.3) is 11.8 Å². The second-order valence-corrected chi connectivity index (χ2v) is 14.1. The van der Waals surface area contributed by atoms with Crippen LogP contribution in [-0.4, -0.2) is 93.4 Å². The summed E-state index contributed by atoms with van der Waals surface area (Å²) < 4.78 is 26.4. The third kappa shape index (κ3) is 8.98. The first-order chi connectivity index (χ1) is 22.6. The van der Waals surface area contributed by atoms with Crippen LogP contribution in [0.4, 0.5) is 8.78 Å². The minimum Gasteiger partial charge on any atom is -0.347 e. The molecule has 0 spiro atoms. The number of hydrogen-bond acceptors (Lipinski definition) is 8. The molecular formula is C33H45F2N7O6.